The SMILES string of the molecule is NC(=O)c1oc2ccc(Br)cc2c1NC(=O)c1cccc(NC(=O)O)c1. The molecule has 3 aromatic rings. The van der Waals surface area contributed by atoms with Gasteiger partial charge in [0.25, 0.3) is 11.8 Å². The van der Waals surface area contributed by atoms with Gasteiger partial charge in [-0.15, -0.1) is 0 Å². The molecule has 0 aliphatic carbocycles. The minimum atomic E-state index is -1.25. The minimum Gasteiger partial charge on any atom is -0.465 e. The zero-order chi connectivity index (χ0) is 18.8. The number of carboxylic acid groups (broad SMARTS) is 1. The molecule has 3 rings (SSSR count). The van der Waals surface area contributed by atoms with Gasteiger partial charge >= 0.3 is 6.09 Å². The first-order chi connectivity index (χ1) is 12.3. The van der Waals surface area contributed by atoms with Crippen LogP contribution in [0.25, 0.3) is 11.0 Å². The third-order valence-corrected chi connectivity index (χ3v) is 3.98. The number of primary amides is 1. The molecule has 0 aliphatic rings. The number of anilines is 2. The third kappa shape index (κ3) is 3.52. The quantitative estimate of drug-likeness (QED) is 0.513. The molecule has 9 heteroatoms. The first-order valence-corrected chi connectivity index (χ1v) is 8.07. The number of nitrogens with one attached hydrogen (secondary N) is 2. The molecule has 132 valence electrons. The fourth-order valence-corrected chi connectivity index (χ4v) is 2.78. The number of amides is 3. The van der Waals surface area contributed by atoms with Crippen LogP contribution in [0.5, 0.6) is 0 Å². The number of benzene rings is 2. The van der Waals surface area contributed by atoms with Crippen molar-refractivity contribution in [3.05, 3.63) is 58.3 Å². The van der Waals surface area contributed by atoms with E-state index in [9.17, 15) is 14.4 Å². The maximum atomic E-state index is 12.6. The summed E-state index contributed by atoms with van der Waals surface area (Å²) in [4.78, 5) is 34.9. The number of fused-ring (bicyclic) bond motifs is 1. The number of halogens is 1. The molecule has 0 bridgehead atoms. The Balaban J connectivity index is 1.99. The molecular weight excluding hydrogens is 406 g/mol. The van der Waals surface area contributed by atoms with Crippen molar-refractivity contribution >= 4 is 56.2 Å². The van der Waals surface area contributed by atoms with Crippen LogP contribution in [0.3, 0.4) is 0 Å². The second-order valence-electron chi connectivity index (χ2n) is 5.28. The van der Waals surface area contributed by atoms with Gasteiger partial charge in [0.1, 0.15) is 11.3 Å². The number of furan rings is 1. The van der Waals surface area contributed by atoms with Crippen LogP contribution >= 0.6 is 15.9 Å². The van der Waals surface area contributed by atoms with Gasteiger partial charge in [0.2, 0.25) is 5.76 Å². The van der Waals surface area contributed by atoms with Crippen LogP contribution < -0.4 is 16.4 Å². The number of hydrogen-bond donors (Lipinski definition) is 4. The van der Waals surface area contributed by atoms with E-state index in [0.29, 0.717) is 11.0 Å². The molecule has 8 nitrogen and oxygen atoms in total. The van der Waals surface area contributed by atoms with Gasteiger partial charge in [-0.1, -0.05) is 22.0 Å². The fraction of sp³-hybridized carbons (Fsp3) is 0. The van der Waals surface area contributed by atoms with E-state index in [1.807, 2.05) is 0 Å². The predicted molar refractivity (Wildman–Crippen MR) is 98.5 cm³/mol. The van der Waals surface area contributed by atoms with E-state index in [2.05, 4.69) is 26.6 Å². The van der Waals surface area contributed by atoms with Gasteiger partial charge in [-0.3, -0.25) is 14.9 Å². The summed E-state index contributed by atoms with van der Waals surface area (Å²) in [5.41, 5.74) is 6.30. The standard InChI is InChI=1S/C17H12BrN3O5/c18-9-4-5-12-11(7-9)13(14(26-12)15(19)22)21-16(23)8-2-1-3-10(6-8)20-17(24)25/h1-7,20H,(H2,19,22)(H,21,23)(H,24,25). The van der Waals surface area contributed by atoms with Crippen molar-refractivity contribution < 1.29 is 23.9 Å². The Labute approximate surface area is 155 Å². The molecule has 0 radical (unpaired) electrons. The number of carbonyl (C=O) groups is 3. The Morgan fingerprint density at radius 1 is 1.08 bits per heavy atom. The van der Waals surface area contributed by atoms with Gasteiger partial charge in [-0.2, -0.15) is 0 Å². The van der Waals surface area contributed by atoms with Crippen molar-refractivity contribution in [2.45, 2.75) is 0 Å². The first kappa shape index (κ1) is 17.5. The Kier molecular flexibility index (Phi) is 4.63. The Morgan fingerprint density at radius 2 is 1.85 bits per heavy atom. The molecule has 0 spiro atoms. The number of rotatable bonds is 4. The molecular formula is C17H12BrN3O5. The highest BCUT2D eigenvalue weighted by Gasteiger charge is 2.21. The van der Waals surface area contributed by atoms with Crippen molar-refractivity contribution in [3.63, 3.8) is 0 Å². The molecule has 26 heavy (non-hydrogen) atoms. The molecule has 0 aliphatic heterocycles. The van der Waals surface area contributed by atoms with Crippen LogP contribution in [0.1, 0.15) is 20.9 Å². The lowest BCUT2D eigenvalue weighted by Gasteiger charge is -2.07. The normalized spacial score (nSPS) is 10.5. The van der Waals surface area contributed by atoms with E-state index in [4.69, 9.17) is 15.3 Å². The second-order valence-corrected chi connectivity index (χ2v) is 6.19. The van der Waals surface area contributed by atoms with Crippen LogP contribution in [0.4, 0.5) is 16.2 Å². The average molecular weight is 418 g/mol. The van der Waals surface area contributed by atoms with Crippen LogP contribution in [0.2, 0.25) is 0 Å². The molecule has 0 saturated carbocycles. The van der Waals surface area contributed by atoms with E-state index in [-0.39, 0.29) is 22.7 Å². The van der Waals surface area contributed by atoms with Gasteiger partial charge in [0, 0.05) is 21.1 Å². The lowest BCUT2D eigenvalue weighted by molar-refractivity contribution is 0.0977. The third-order valence-electron chi connectivity index (χ3n) is 3.49. The molecule has 5 N–H and O–H groups in total. The van der Waals surface area contributed by atoms with Crippen molar-refractivity contribution in [1.82, 2.24) is 0 Å². The summed E-state index contributed by atoms with van der Waals surface area (Å²) in [7, 11) is 0. The van der Waals surface area contributed by atoms with Crippen molar-refractivity contribution in [1.29, 1.82) is 0 Å². The average Bonchev–Trinajstić information content (AvgIpc) is 2.92. The van der Waals surface area contributed by atoms with Crippen molar-refractivity contribution in [2.24, 2.45) is 5.73 Å². The van der Waals surface area contributed by atoms with Gasteiger partial charge in [-0.05, 0) is 36.4 Å². The fourth-order valence-electron chi connectivity index (χ4n) is 2.41. The number of nitrogens with two attached hydrogens (primary N) is 1. The van der Waals surface area contributed by atoms with Crippen molar-refractivity contribution in [2.75, 3.05) is 10.6 Å². The van der Waals surface area contributed by atoms with E-state index < -0.39 is 17.9 Å². The van der Waals surface area contributed by atoms with Gasteiger partial charge in [0.05, 0.1) is 0 Å². The Hall–Kier alpha value is -3.33. The largest absolute Gasteiger partial charge is 0.465 e. The van der Waals surface area contributed by atoms with E-state index in [0.717, 1.165) is 4.47 Å². The maximum absolute atomic E-state index is 12.6. The summed E-state index contributed by atoms with van der Waals surface area (Å²) < 4.78 is 6.16. The summed E-state index contributed by atoms with van der Waals surface area (Å²) in [5.74, 6) is -1.55. The number of carbonyl (C=O) groups excluding carboxylic acids is 2. The topological polar surface area (TPSA) is 135 Å². The van der Waals surface area contributed by atoms with Crippen LogP contribution in [-0.4, -0.2) is 23.0 Å². The molecule has 1 aromatic heterocycles. The van der Waals surface area contributed by atoms with Crippen LogP contribution in [-0.2, 0) is 0 Å². The summed E-state index contributed by atoms with van der Waals surface area (Å²) in [5, 5.41) is 14.0. The Morgan fingerprint density at radius 3 is 2.54 bits per heavy atom. The zero-order valence-electron chi connectivity index (χ0n) is 13.1. The molecule has 0 fully saturated rings. The summed E-state index contributed by atoms with van der Waals surface area (Å²) >= 11 is 3.32. The first-order valence-electron chi connectivity index (χ1n) is 7.28. The second kappa shape index (κ2) is 6.89. The van der Waals surface area contributed by atoms with E-state index in [1.54, 1.807) is 18.2 Å². The summed E-state index contributed by atoms with van der Waals surface area (Å²) in [6.45, 7) is 0. The highest BCUT2D eigenvalue weighted by atomic mass is 79.9. The summed E-state index contributed by atoms with van der Waals surface area (Å²) in [6.07, 6.45) is -1.25. The molecule has 2 aromatic carbocycles. The number of hydrogen-bond acceptors (Lipinski definition) is 4. The lowest BCUT2D eigenvalue weighted by atomic mass is 10.1. The van der Waals surface area contributed by atoms with Crippen LogP contribution in [0.15, 0.2) is 51.4 Å². The molecule has 3 amide bonds. The lowest BCUT2D eigenvalue weighted by Crippen LogP contribution is -2.17. The molecule has 0 atom stereocenters. The highest BCUT2D eigenvalue weighted by Crippen LogP contribution is 2.33. The van der Waals surface area contributed by atoms with Gasteiger partial charge in [0.15, 0.2) is 0 Å². The molecule has 0 unspecified atom stereocenters. The molecule has 0 saturated heterocycles. The maximum Gasteiger partial charge on any atom is 0.409 e. The van der Waals surface area contributed by atoms with Crippen LogP contribution in [0, 0.1) is 0 Å². The van der Waals surface area contributed by atoms with Gasteiger partial charge < -0.3 is 20.6 Å². The summed E-state index contributed by atoms with van der Waals surface area (Å²) in [6, 6.07) is 10.9. The zero-order valence-corrected chi connectivity index (χ0v) is 14.7. The van der Waals surface area contributed by atoms with E-state index in [1.165, 1.54) is 24.3 Å². The Bertz CT molecular complexity index is 1040. The van der Waals surface area contributed by atoms with E-state index >= 15 is 0 Å². The molecule has 1 heterocycles. The smallest absolute Gasteiger partial charge is 0.409 e. The minimum absolute atomic E-state index is 0.149. The van der Waals surface area contributed by atoms with Crippen molar-refractivity contribution in [3.8, 4) is 0 Å². The predicted octanol–water partition coefficient (Wildman–Crippen LogP) is 3.64. The van der Waals surface area contributed by atoms with Gasteiger partial charge in [-0.25, -0.2) is 4.79 Å². The monoisotopic (exact) mass is 417 g/mol. The highest BCUT2D eigenvalue weighted by molar-refractivity contribution is 9.10.